The van der Waals surface area contributed by atoms with Crippen molar-refractivity contribution in [3.8, 4) is 73.2 Å². The van der Waals surface area contributed by atoms with Crippen LogP contribution in [0.1, 0.15) is 22.3 Å². The molecule has 0 aliphatic rings. The first-order valence-electron chi connectivity index (χ1n) is 20.5. The summed E-state index contributed by atoms with van der Waals surface area (Å²) in [6.07, 6.45) is -4.50. The molecule has 0 amide bonds. The van der Waals surface area contributed by atoms with E-state index < -0.39 is 11.7 Å². The third-order valence-electron chi connectivity index (χ3n) is 11.4. The number of hydrogen-bond acceptors (Lipinski definition) is 3. The fraction of sp³-hybridized carbons (Fsp3) is 0.0727. The zero-order valence-electron chi connectivity index (χ0n) is 34.2. The van der Waals surface area contributed by atoms with E-state index in [2.05, 4.69) is 104 Å². The fourth-order valence-electron chi connectivity index (χ4n) is 8.49. The van der Waals surface area contributed by atoms with E-state index in [0.29, 0.717) is 28.6 Å². The minimum absolute atomic E-state index is 0.436. The Balaban J connectivity index is 1.31. The van der Waals surface area contributed by atoms with Crippen molar-refractivity contribution in [3.05, 3.63) is 204 Å². The van der Waals surface area contributed by atoms with Crippen molar-refractivity contribution in [2.24, 2.45) is 0 Å². The summed E-state index contributed by atoms with van der Waals surface area (Å²) in [6.45, 7) is 6.28. The summed E-state index contributed by atoms with van der Waals surface area (Å²) in [5.41, 5.74) is 13.2. The molecule has 10 aromatic rings. The van der Waals surface area contributed by atoms with Gasteiger partial charge in [-0.15, -0.1) is 0 Å². The number of para-hydroxylation sites is 1. The van der Waals surface area contributed by atoms with Gasteiger partial charge in [0.05, 0.1) is 22.3 Å². The molecule has 0 N–H and O–H groups in total. The van der Waals surface area contributed by atoms with Crippen molar-refractivity contribution in [1.29, 1.82) is 0 Å². The maximum absolute atomic E-state index is 14.1. The number of aromatic nitrogens is 4. The molecule has 0 unspecified atom stereocenters. The van der Waals surface area contributed by atoms with Gasteiger partial charge in [-0.05, 0) is 85.5 Å². The Bertz CT molecular complexity index is 3200. The van der Waals surface area contributed by atoms with Crippen molar-refractivity contribution in [2.45, 2.75) is 26.9 Å². The lowest BCUT2D eigenvalue weighted by molar-refractivity contribution is -0.137. The highest BCUT2D eigenvalue weighted by molar-refractivity contribution is 6.12. The first-order valence-corrected chi connectivity index (χ1v) is 20.5. The second-order valence-corrected chi connectivity index (χ2v) is 15.9. The van der Waals surface area contributed by atoms with Gasteiger partial charge < -0.3 is 4.57 Å². The van der Waals surface area contributed by atoms with E-state index in [1.807, 2.05) is 78.9 Å². The monoisotopic (exact) mass is 812 g/mol. The lowest BCUT2D eigenvalue weighted by Crippen LogP contribution is -2.05. The van der Waals surface area contributed by atoms with E-state index in [0.717, 1.165) is 84.1 Å². The third kappa shape index (κ3) is 7.21. The van der Waals surface area contributed by atoms with Gasteiger partial charge in [0.2, 0.25) is 0 Å². The molecule has 0 spiro atoms. The lowest BCUT2D eigenvalue weighted by Gasteiger charge is -2.21. The Morgan fingerprint density at radius 3 is 1.42 bits per heavy atom. The van der Waals surface area contributed by atoms with Crippen LogP contribution in [0.5, 0.6) is 0 Å². The molecule has 0 saturated carbocycles. The number of rotatable bonds is 7. The summed E-state index contributed by atoms with van der Waals surface area (Å²) in [4.78, 5) is 15.1. The summed E-state index contributed by atoms with van der Waals surface area (Å²) in [5, 5.41) is 2.12. The quantitative estimate of drug-likeness (QED) is 0.161. The molecule has 0 saturated heterocycles. The van der Waals surface area contributed by atoms with Crippen LogP contribution in [-0.2, 0) is 6.18 Å². The molecule has 2 heterocycles. The van der Waals surface area contributed by atoms with Crippen molar-refractivity contribution in [1.82, 2.24) is 19.5 Å². The molecule has 300 valence electrons. The average molecular weight is 813 g/mol. The predicted molar refractivity (Wildman–Crippen MR) is 246 cm³/mol. The van der Waals surface area contributed by atoms with Crippen molar-refractivity contribution < 1.29 is 13.2 Å². The number of alkyl halides is 3. The number of aryl methyl sites for hydroxylation is 3. The van der Waals surface area contributed by atoms with Crippen LogP contribution in [0.2, 0.25) is 0 Å². The van der Waals surface area contributed by atoms with Crippen LogP contribution in [0.15, 0.2) is 182 Å². The Morgan fingerprint density at radius 2 is 0.855 bits per heavy atom. The van der Waals surface area contributed by atoms with Crippen molar-refractivity contribution in [3.63, 3.8) is 0 Å². The highest BCUT2D eigenvalue weighted by atomic mass is 19.4. The second kappa shape index (κ2) is 15.4. The van der Waals surface area contributed by atoms with Gasteiger partial charge in [0, 0.05) is 38.6 Å². The summed E-state index contributed by atoms with van der Waals surface area (Å²) >= 11 is 0. The number of hydrogen-bond donors (Lipinski definition) is 0. The second-order valence-electron chi connectivity index (χ2n) is 15.9. The van der Waals surface area contributed by atoms with E-state index in [1.54, 1.807) is 12.1 Å². The topological polar surface area (TPSA) is 43.6 Å². The normalized spacial score (nSPS) is 11.7. The maximum Gasteiger partial charge on any atom is 0.416 e. The molecule has 10 rings (SSSR count). The number of fused-ring (bicyclic) bond motifs is 3. The molecule has 0 radical (unpaired) electrons. The van der Waals surface area contributed by atoms with Gasteiger partial charge in [0.25, 0.3) is 0 Å². The Morgan fingerprint density at radius 1 is 0.371 bits per heavy atom. The highest BCUT2D eigenvalue weighted by Crippen LogP contribution is 2.45. The molecular weight excluding hydrogens is 774 g/mol. The molecule has 0 aliphatic carbocycles. The van der Waals surface area contributed by atoms with E-state index in [1.165, 1.54) is 11.1 Å². The van der Waals surface area contributed by atoms with Gasteiger partial charge in [-0.2, -0.15) is 13.2 Å². The van der Waals surface area contributed by atoms with Crippen LogP contribution in [0, 0.1) is 20.8 Å². The minimum Gasteiger partial charge on any atom is -0.308 e. The van der Waals surface area contributed by atoms with Gasteiger partial charge in [-0.3, -0.25) is 0 Å². The molecule has 0 fully saturated rings. The predicted octanol–water partition coefficient (Wildman–Crippen LogP) is 14.9. The summed E-state index contributed by atoms with van der Waals surface area (Å²) in [6, 6.07) is 59.0. The number of halogens is 3. The van der Waals surface area contributed by atoms with Gasteiger partial charge in [0.15, 0.2) is 17.5 Å². The lowest BCUT2D eigenvalue weighted by atomic mass is 9.91. The van der Waals surface area contributed by atoms with Gasteiger partial charge in [-0.25, -0.2) is 15.0 Å². The maximum atomic E-state index is 14.1. The zero-order chi connectivity index (χ0) is 42.5. The van der Waals surface area contributed by atoms with Crippen molar-refractivity contribution in [2.75, 3.05) is 0 Å². The fourth-order valence-corrected chi connectivity index (χ4v) is 8.49. The van der Waals surface area contributed by atoms with Crippen LogP contribution in [0.3, 0.4) is 0 Å². The van der Waals surface area contributed by atoms with Crippen molar-refractivity contribution >= 4 is 21.8 Å². The van der Waals surface area contributed by atoms with E-state index in [9.17, 15) is 13.2 Å². The van der Waals surface area contributed by atoms with E-state index >= 15 is 0 Å². The SMILES string of the molecule is Cc1ccc(-c2cc(-c3nc(-c4ccccc4)nc(-c4ccccc4)n3)cc(-c3ccc(C(F)(F)F)cc3)c2-n2c3ccccc3c3cc(-c4cc(C)cc(C)c4)ccc32)cc1. The minimum atomic E-state index is -4.50. The molecular formula is C55H39F3N4. The zero-order valence-corrected chi connectivity index (χ0v) is 34.2. The van der Waals surface area contributed by atoms with Gasteiger partial charge in [0.1, 0.15) is 0 Å². The van der Waals surface area contributed by atoms with E-state index in [4.69, 9.17) is 15.0 Å². The molecule has 62 heavy (non-hydrogen) atoms. The molecule has 4 nitrogen and oxygen atoms in total. The smallest absolute Gasteiger partial charge is 0.308 e. The summed E-state index contributed by atoms with van der Waals surface area (Å²) in [5.74, 6) is 1.45. The number of nitrogens with zero attached hydrogens (tertiary/aromatic N) is 4. The van der Waals surface area contributed by atoms with Crippen LogP contribution >= 0.6 is 0 Å². The van der Waals surface area contributed by atoms with Crippen LogP contribution in [0.4, 0.5) is 13.2 Å². The van der Waals surface area contributed by atoms with Crippen LogP contribution in [0.25, 0.3) is 95.0 Å². The molecule has 0 bridgehead atoms. The molecule has 0 atom stereocenters. The summed E-state index contributed by atoms with van der Waals surface area (Å²) < 4.78 is 44.6. The highest BCUT2D eigenvalue weighted by Gasteiger charge is 2.30. The van der Waals surface area contributed by atoms with Gasteiger partial charge in [-0.1, -0.05) is 156 Å². The largest absolute Gasteiger partial charge is 0.416 e. The third-order valence-corrected chi connectivity index (χ3v) is 11.4. The van der Waals surface area contributed by atoms with E-state index in [-0.39, 0.29) is 0 Å². The molecule has 8 aromatic carbocycles. The first-order chi connectivity index (χ1) is 30.1. The summed E-state index contributed by atoms with van der Waals surface area (Å²) in [7, 11) is 0. The Hall–Kier alpha value is -7.64. The van der Waals surface area contributed by atoms with Crippen LogP contribution in [-0.4, -0.2) is 19.5 Å². The first kappa shape index (κ1) is 38.6. The number of benzene rings is 8. The molecule has 2 aromatic heterocycles. The van der Waals surface area contributed by atoms with Crippen LogP contribution < -0.4 is 0 Å². The average Bonchev–Trinajstić information content (AvgIpc) is 3.62. The van der Waals surface area contributed by atoms with Gasteiger partial charge >= 0.3 is 6.18 Å². The Kier molecular flexibility index (Phi) is 9.60. The Labute approximate surface area is 357 Å². The molecule has 0 aliphatic heterocycles. The molecule has 7 heteroatoms. The standard InChI is InChI=1S/C55H39F3N4/c1-34-18-20-37(21-19-34)46-32-43(54-60-52(39-12-6-4-7-13-39)59-53(61-54)40-14-8-5-9-15-40)33-47(38-22-25-44(26-23-38)55(56,57)58)51(46)62-49-17-11-10-16-45(49)48-31-41(24-27-50(48)62)42-29-35(2)28-36(3)30-42/h4-33H,1-3H3.